The number of H-pyrrole nitrogens is 1. The van der Waals surface area contributed by atoms with Crippen molar-refractivity contribution >= 4 is 34.6 Å². The van der Waals surface area contributed by atoms with Crippen molar-refractivity contribution in [3.63, 3.8) is 0 Å². The number of rotatable bonds is 5. The summed E-state index contributed by atoms with van der Waals surface area (Å²) in [6, 6.07) is 9.13. The highest BCUT2D eigenvalue weighted by Crippen LogP contribution is 2.35. The van der Waals surface area contributed by atoms with Gasteiger partial charge in [0.05, 0.1) is 25.5 Å². The van der Waals surface area contributed by atoms with Crippen LogP contribution in [0.25, 0.3) is 10.9 Å². The Morgan fingerprint density at radius 1 is 1.17 bits per heavy atom. The van der Waals surface area contributed by atoms with Crippen molar-refractivity contribution in [3.8, 4) is 11.5 Å². The number of halogens is 1. The highest BCUT2D eigenvalue weighted by Gasteiger charge is 2.16. The first-order chi connectivity index (χ1) is 14.1. The van der Waals surface area contributed by atoms with Crippen LogP contribution in [0.2, 0.25) is 5.02 Å². The van der Waals surface area contributed by atoms with E-state index in [1.54, 1.807) is 12.1 Å². The molecule has 1 heterocycles. The van der Waals surface area contributed by atoms with Gasteiger partial charge in [0.2, 0.25) is 0 Å². The van der Waals surface area contributed by atoms with Crippen LogP contribution in [-0.4, -0.2) is 31.3 Å². The molecule has 6 nitrogen and oxygen atoms in total. The Balaban J connectivity index is 1.52. The molecule has 0 unspecified atom stereocenters. The number of hydrazone groups is 1. The molecule has 0 fully saturated rings. The first-order valence-corrected chi connectivity index (χ1v) is 9.87. The number of hydrogen-bond donors (Lipinski definition) is 2. The number of carbonyl (C=O) groups excluding carboxylic acids is 1. The number of methoxy groups -OCH3 is 2. The second-order valence-corrected chi connectivity index (χ2v) is 7.39. The second kappa shape index (κ2) is 8.17. The smallest absolute Gasteiger partial charge is 0.271 e. The van der Waals surface area contributed by atoms with Crippen molar-refractivity contribution < 1.29 is 14.3 Å². The maximum absolute atomic E-state index is 12.6. The summed E-state index contributed by atoms with van der Waals surface area (Å²) in [7, 11) is 3.06. The SMILES string of the molecule is COc1cc(/C=N\NC(=O)c2ccc3[nH]c4c(c3c2)CCCC4)cc(Cl)c1OC. The summed E-state index contributed by atoms with van der Waals surface area (Å²) in [5, 5.41) is 5.59. The third kappa shape index (κ3) is 3.80. The molecule has 0 saturated heterocycles. The average molecular weight is 412 g/mol. The topological polar surface area (TPSA) is 75.7 Å². The van der Waals surface area contributed by atoms with Gasteiger partial charge in [0, 0.05) is 22.2 Å². The molecule has 2 N–H and O–H groups in total. The number of aromatic amines is 1. The van der Waals surface area contributed by atoms with Gasteiger partial charge in [0.25, 0.3) is 5.91 Å². The molecule has 1 aliphatic carbocycles. The largest absolute Gasteiger partial charge is 0.493 e. The molecule has 3 aromatic rings. The molecule has 1 amide bonds. The van der Waals surface area contributed by atoms with Gasteiger partial charge in [-0.15, -0.1) is 0 Å². The molecular formula is C22H22ClN3O3. The van der Waals surface area contributed by atoms with Crippen LogP contribution in [-0.2, 0) is 12.8 Å². The molecule has 1 aliphatic rings. The van der Waals surface area contributed by atoms with Crippen LogP contribution in [0.15, 0.2) is 35.4 Å². The summed E-state index contributed by atoms with van der Waals surface area (Å²) in [5.74, 6) is 0.689. The molecule has 4 rings (SSSR count). The summed E-state index contributed by atoms with van der Waals surface area (Å²) in [5.41, 5.74) is 7.55. The Bertz CT molecular complexity index is 1100. The van der Waals surface area contributed by atoms with Crippen molar-refractivity contribution in [2.24, 2.45) is 5.10 Å². The predicted molar refractivity (Wildman–Crippen MR) is 115 cm³/mol. The normalized spacial score (nSPS) is 13.5. The predicted octanol–water partition coefficient (Wildman–Crippen LogP) is 4.48. The zero-order valence-corrected chi connectivity index (χ0v) is 17.1. The first-order valence-electron chi connectivity index (χ1n) is 9.49. The third-order valence-electron chi connectivity index (χ3n) is 5.20. The van der Waals surface area contributed by atoms with Gasteiger partial charge in [0.1, 0.15) is 0 Å². The molecule has 150 valence electrons. The molecule has 0 aliphatic heterocycles. The molecular weight excluding hydrogens is 390 g/mol. The van der Waals surface area contributed by atoms with Crippen LogP contribution >= 0.6 is 11.6 Å². The molecule has 0 atom stereocenters. The minimum absolute atomic E-state index is 0.263. The van der Waals surface area contributed by atoms with Crippen molar-refractivity contribution in [3.05, 3.63) is 57.7 Å². The standard InChI is InChI=1S/C22H22ClN3O3/c1-28-20-10-13(9-17(23)21(20)29-2)12-24-26-22(27)14-7-8-19-16(11-14)15-5-3-4-6-18(15)25-19/h7-12,25H,3-6H2,1-2H3,(H,26,27)/b24-12-. The van der Waals surface area contributed by atoms with E-state index >= 15 is 0 Å². The molecule has 0 spiro atoms. The average Bonchev–Trinajstić information content (AvgIpc) is 3.11. The number of nitrogens with zero attached hydrogens (tertiary/aromatic N) is 1. The number of carbonyl (C=O) groups is 1. The Kier molecular flexibility index (Phi) is 5.45. The van der Waals surface area contributed by atoms with Gasteiger partial charge in [-0.05, 0) is 67.1 Å². The zero-order valence-electron chi connectivity index (χ0n) is 16.3. The van der Waals surface area contributed by atoms with Crippen molar-refractivity contribution in [2.45, 2.75) is 25.7 Å². The van der Waals surface area contributed by atoms with E-state index < -0.39 is 0 Å². The summed E-state index contributed by atoms with van der Waals surface area (Å²) in [6.45, 7) is 0. The van der Waals surface area contributed by atoms with Crippen molar-refractivity contribution in [1.29, 1.82) is 0 Å². The van der Waals surface area contributed by atoms with Crippen LogP contribution < -0.4 is 14.9 Å². The maximum atomic E-state index is 12.6. The number of amides is 1. The molecule has 0 bridgehead atoms. The fourth-order valence-electron chi connectivity index (χ4n) is 3.79. The van der Waals surface area contributed by atoms with Gasteiger partial charge in [-0.1, -0.05) is 11.6 Å². The van der Waals surface area contributed by atoms with Gasteiger partial charge in [-0.3, -0.25) is 4.79 Å². The van der Waals surface area contributed by atoms with Gasteiger partial charge in [0.15, 0.2) is 11.5 Å². The number of nitrogens with one attached hydrogen (secondary N) is 2. The number of ether oxygens (including phenoxy) is 2. The highest BCUT2D eigenvalue weighted by atomic mass is 35.5. The number of fused-ring (bicyclic) bond motifs is 3. The number of aromatic nitrogens is 1. The van der Waals surface area contributed by atoms with Gasteiger partial charge in [-0.25, -0.2) is 5.43 Å². The van der Waals surface area contributed by atoms with Gasteiger partial charge in [-0.2, -0.15) is 5.10 Å². The summed E-state index contributed by atoms with van der Waals surface area (Å²) >= 11 is 6.20. The lowest BCUT2D eigenvalue weighted by atomic mass is 9.95. The summed E-state index contributed by atoms with van der Waals surface area (Å²) in [4.78, 5) is 16.0. The molecule has 2 aromatic carbocycles. The Hall–Kier alpha value is -2.99. The van der Waals surface area contributed by atoms with Crippen LogP contribution in [0.5, 0.6) is 11.5 Å². The minimum Gasteiger partial charge on any atom is -0.493 e. The van der Waals surface area contributed by atoms with E-state index in [1.165, 1.54) is 44.5 Å². The number of hydrogen-bond acceptors (Lipinski definition) is 4. The summed E-state index contributed by atoms with van der Waals surface area (Å²) < 4.78 is 10.5. The van der Waals surface area contributed by atoms with E-state index in [-0.39, 0.29) is 5.91 Å². The fourth-order valence-corrected chi connectivity index (χ4v) is 4.09. The Morgan fingerprint density at radius 2 is 2.00 bits per heavy atom. The maximum Gasteiger partial charge on any atom is 0.271 e. The second-order valence-electron chi connectivity index (χ2n) is 6.99. The van der Waals surface area contributed by atoms with Crippen LogP contribution in [0, 0.1) is 0 Å². The molecule has 29 heavy (non-hydrogen) atoms. The van der Waals surface area contributed by atoms with Gasteiger partial charge >= 0.3 is 0 Å². The van der Waals surface area contributed by atoms with Crippen molar-refractivity contribution in [2.75, 3.05) is 14.2 Å². The minimum atomic E-state index is -0.263. The monoisotopic (exact) mass is 411 g/mol. The van der Waals surface area contributed by atoms with Crippen LogP contribution in [0.3, 0.4) is 0 Å². The van der Waals surface area contributed by atoms with E-state index in [4.69, 9.17) is 21.1 Å². The quantitative estimate of drug-likeness (QED) is 0.480. The lowest BCUT2D eigenvalue weighted by Gasteiger charge is -2.10. The first kappa shape index (κ1) is 19.3. The third-order valence-corrected chi connectivity index (χ3v) is 5.48. The Morgan fingerprint density at radius 3 is 2.79 bits per heavy atom. The highest BCUT2D eigenvalue weighted by molar-refractivity contribution is 6.32. The molecule has 1 aromatic heterocycles. The summed E-state index contributed by atoms with van der Waals surface area (Å²) in [6.07, 6.45) is 6.04. The lowest BCUT2D eigenvalue weighted by Crippen LogP contribution is -2.17. The van der Waals surface area contributed by atoms with E-state index in [2.05, 4.69) is 15.5 Å². The van der Waals surface area contributed by atoms with Crippen molar-refractivity contribution in [1.82, 2.24) is 10.4 Å². The van der Waals surface area contributed by atoms with E-state index in [1.807, 2.05) is 18.2 Å². The van der Waals surface area contributed by atoms with Crippen LogP contribution in [0.4, 0.5) is 0 Å². The number of benzene rings is 2. The Labute approximate surface area is 173 Å². The van der Waals surface area contributed by atoms with E-state index in [0.29, 0.717) is 27.6 Å². The zero-order chi connectivity index (χ0) is 20.4. The molecule has 0 saturated carbocycles. The molecule has 0 radical (unpaired) electrons. The van der Waals surface area contributed by atoms with E-state index in [9.17, 15) is 4.79 Å². The lowest BCUT2D eigenvalue weighted by molar-refractivity contribution is 0.0955. The molecule has 7 heteroatoms. The number of aryl methyl sites for hydroxylation is 2. The fraction of sp³-hybridized carbons (Fsp3) is 0.273. The van der Waals surface area contributed by atoms with E-state index in [0.717, 1.165) is 23.7 Å². The van der Waals surface area contributed by atoms with Crippen LogP contribution in [0.1, 0.15) is 40.0 Å². The van der Waals surface area contributed by atoms with Gasteiger partial charge < -0.3 is 14.5 Å².